The summed E-state index contributed by atoms with van der Waals surface area (Å²) in [4.78, 5) is 0. The molecule has 0 radical (unpaired) electrons. The standard InChI is InChI=1S/C38H54N4/c1-9-38-21-16-27(24(2)3)32(38)29-14-15-31-35(6)19-17-28(25-10-12-26(13-11-25)33-39-41-42-40-33)34(4,5)30(35)18-20-37(31,8)36(29,7)22-23-38/h10-13,17,27,29-32H,2,9,14-16,18-23H2,1,3-8H3,(H,39,40,41,42)/t27-,29+,30-,31+,32+,35-,36+,37+,38+/m0/s1. The van der Waals surface area contributed by atoms with Gasteiger partial charge in [-0.25, -0.2) is 0 Å². The molecule has 0 aliphatic heterocycles. The summed E-state index contributed by atoms with van der Waals surface area (Å²) in [6.45, 7) is 22.8. The van der Waals surface area contributed by atoms with Crippen LogP contribution in [0.4, 0.5) is 0 Å². The van der Waals surface area contributed by atoms with Crippen molar-refractivity contribution in [3.63, 3.8) is 0 Å². The number of fused-ring (bicyclic) bond motifs is 7. The molecular formula is C38H54N4. The van der Waals surface area contributed by atoms with Gasteiger partial charge in [0.2, 0.25) is 5.82 Å². The summed E-state index contributed by atoms with van der Waals surface area (Å²) < 4.78 is 0. The zero-order valence-corrected chi connectivity index (χ0v) is 27.4. The molecule has 0 bridgehead atoms. The smallest absolute Gasteiger partial charge is 0.177 e. The van der Waals surface area contributed by atoms with Gasteiger partial charge in [-0.1, -0.05) is 90.5 Å². The molecule has 4 fully saturated rings. The van der Waals surface area contributed by atoms with Crippen LogP contribution in [0.2, 0.25) is 0 Å². The Balaban J connectivity index is 1.22. The number of tetrazole rings is 1. The van der Waals surface area contributed by atoms with Gasteiger partial charge in [0, 0.05) is 5.56 Å². The third kappa shape index (κ3) is 3.62. The summed E-state index contributed by atoms with van der Waals surface area (Å²) in [5.74, 6) is 4.61. The van der Waals surface area contributed by atoms with E-state index in [-0.39, 0.29) is 5.41 Å². The van der Waals surface area contributed by atoms with Crippen molar-refractivity contribution in [3.8, 4) is 11.4 Å². The van der Waals surface area contributed by atoms with E-state index in [0.717, 1.165) is 29.2 Å². The maximum atomic E-state index is 4.57. The van der Waals surface area contributed by atoms with Crippen molar-refractivity contribution in [3.05, 3.63) is 48.1 Å². The first-order valence-electron chi connectivity index (χ1n) is 17.1. The number of nitrogens with zero attached hydrogens (tertiary/aromatic N) is 3. The van der Waals surface area contributed by atoms with Crippen LogP contribution < -0.4 is 0 Å². The highest BCUT2D eigenvalue weighted by Crippen LogP contribution is 2.78. The van der Waals surface area contributed by atoms with Crippen molar-refractivity contribution in [1.29, 1.82) is 0 Å². The van der Waals surface area contributed by atoms with Crippen molar-refractivity contribution in [1.82, 2.24) is 20.6 Å². The predicted molar refractivity (Wildman–Crippen MR) is 172 cm³/mol. The van der Waals surface area contributed by atoms with E-state index in [1.54, 1.807) is 0 Å². The Morgan fingerprint density at radius 2 is 1.62 bits per heavy atom. The highest BCUT2D eigenvalue weighted by Gasteiger charge is 2.70. The summed E-state index contributed by atoms with van der Waals surface area (Å²) in [6, 6.07) is 8.88. The molecule has 1 heterocycles. The largest absolute Gasteiger partial charge is 0.204 e. The van der Waals surface area contributed by atoms with Gasteiger partial charge < -0.3 is 0 Å². The number of H-pyrrole nitrogens is 1. The number of aromatic nitrogens is 4. The van der Waals surface area contributed by atoms with Gasteiger partial charge in [0.05, 0.1) is 0 Å². The molecule has 4 nitrogen and oxygen atoms in total. The minimum atomic E-state index is 0.139. The first-order valence-corrected chi connectivity index (χ1v) is 17.1. The lowest BCUT2D eigenvalue weighted by Gasteiger charge is -2.72. The van der Waals surface area contributed by atoms with E-state index >= 15 is 0 Å². The average Bonchev–Trinajstić information content (AvgIpc) is 3.63. The number of hydrogen-bond acceptors (Lipinski definition) is 3. The van der Waals surface area contributed by atoms with Crippen LogP contribution in [0, 0.1) is 56.7 Å². The van der Waals surface area contributed by atoms with Gasteiger partial charge in [-0.2, -0.15) is 5.21 Å². The Kier molecular flexibility index (Phi) is 6.38. The van der Waals surface area contributed by atoms with Gasteiger partial charge in [0.25, 0.3) is 0 Å². The Morgan fingerprint density at radius 3 is 2.29 bits per heavy atom. The molecule has 42 heavy (non-hydrogen) atoms. The van der Waals surface area contributed by atoms with Crippen LogP contribution in [0.5, 0.6) is 0 Å². The molecule has 226 valence electrons. The maximum absolute atomic E-state index is 4.57. The van der Waals surface area contributed by atoms with Crippen LogP contribution in [0.15, 0.2) is 42.5 Å². The van der Waals surface area contributed by atoms with Crippen LogP contribution in [0.3, 0.4) is 0 Å². The SMILES string of the molecule is C=C(C)[C@@H]1CC[C@]2(CC)CC[C@]3(C)[C@H](CC[C@@H]4[C@@]5(C)CC=C(c6ccc(-c7nn[nH]n7)cc6)C(C)(C)[C@@H]5CC[C@]43C)[C@@H]12. The number of aromatic amines is 1. The average molecular weight is 567 g/mol. The van der Waals surface area contributed by atoms with Gasteiger partial charge in [-0.15, -0.1) is 10.2 Å². The third-order valence-electron chi connectivity index (χ3n) is 15.3. The first-order chi connectivity index (χ1) is 19.9. The molecule has 0 amide bonds. The molecule has 0 spiro atoms. The number of rotatable bonds is 4. The fourth-order valence-electron chi connectivity index (χ4n) is 13.1. The zero-order valence-electron chi connectivity index (χ0n) is 27.4. The predicted octanol–water partition coefficient (Wildman–Crippen LogP) is 9.93. The summed E-state index contributed by atoms with van der Waals surface area (Å²) >= 11 is 0. The summed E-state index contributed by atoms with van der Waals surface area (Å²) in [5, 5.41) is 14.7. The minimum absolute atomic E-state index is 0.139. The molecule has 5 aliphatic carbocycles. The van der Waals surface area contributed by atoms with Crippen LogP contribution in [0.25, 0.3) is 17.0 Å². The summed E-state index contributed by atoms with van der Waals surface area (Å²) in [6.07, 6.45) is 16.5. The maximum Gasteiger partial charge on any atom is 0.204 e. The van der Waals surface area contributed by atoms with Crippen LogP contribution in [0.1, 0.15) is 118 Å². The molecule has 1 N–H and O–H groups in total. The van der Waals surface area contributed by atoms with Crippen molar-refractivity contribution in [2.45, 2.75) is 113 Å². The fraction of sp³-hybridized carbons (Fsp3) is 0.711. The van der Waals surface area contributed by atoms with Crippen molar-refractivity contribution >= 4 is 5.57 Å². The van der Waals surface area contributed by atoms with Crippen LogP contribution in [-0.4, -0.2) is 20.6 Å². The lowest BCUT2D eigenvalue weighted by Crippen LogP contribution is -2.65. The Hall–Kier alpha value is -2.23. The minimum Gasteiger partial charge on any atom is -0.177 e. The molecule has 5 aliphatic rings. The van der Waals surface area contributed by atoms with E-state index < -0.39 is 0 Å². The molecule has 9 atom stereocenters. The van der Waals surface area contributed by atoms with E-state index in [1.807, 2.05) is 0 Å². The second kappa shape index (κ2) is 9.38. The second-order valence-corrected chi connectivity index (χ2v) is 16.8. The number of hydrogen-bond donors (Lipinski definition) is 1. The Labute approximate surface area is 254 Å². The van der Waals surface area contributed by atoms with E-state index in [4.69, 9.17) is 0 Å². The molecule has 0 saturated heterocycles. The lowest BCUT2D eigenvalue weighted by molar-refractivity contribution is -0.225. The van der Waals surface area contributed by atoms with Crippen molar-refractivity contribution in [2.75, 3.05) is 0 Å². The van der Waals surface area contributed by atoms with Crippen molar-refractivity contribution < 1.29 is 0 Å². The Bertz CT molecular complexity index is 1390. The van der Waals surface area contributed by atoms with E-state index in [2.05, 4.69) is 106 Å². The van der Waals surface area contributed by atoms with E-state index in [9.17, 15) is 0 Å². The van der Waals surface area contributed by atoms with Gasteiger partial charge in [-0.05, 0) is 138 Å². The van der Waals surface area contributed by atoms with Crippen LogP contribution >= 0.6 is 0 Å². The number of nitrogens with one attached hydrogen (secondary N) is 1. The second-order valence-electron chi connectivity index (χ2n) is 16.8. The normalized spacial score (nSPS) is 43.9. The zero-order chi connectivity index (χ0) is 29.7. The van der Waals surface area contributed by atoms with Gasteiger partial charge in [0.1, 0.15) is 0 Å². The van der Waals surface area contributed by atoms with Crippen molar-refractivity contribution in [2.24, 2.45) is 56.7 Å². The highest BCUT2D eigenvalue weighted by molar-refractivity contribution is 5.73. The fourth-order valence-corrected chi connectivity index (χ4v) is 13.1. The third-order valence-corrected chi connectivity index (χ3v) is 15.3. The molecule has 1 aromatic heterocycles. The topological polar surface area (TPSA) is 54.5 Å². The quantitative estimate of drug-likeness (QED) is 0.375. The number of allylic oxidation sites excluding steroid dienone is 3. The molecule has 0 unspecified atom stereocenters. The molecule has 4 saturated carbocycles. The molecule has 7 rings (SSSR count). The van der Waals surface area contributed by atoms with E-state index in [1.165, 1.54) is 80.9 Å². The summed E-state index contributed by atoms with van der Waals surface area (Å²) in [7, 11) is 0. The number of benzene rings is 1. The first kappa shape index (κ1) is 28.5. The van der Waals surface area contributed by atoms with Gasteiger partial charge in [0.15, 0.2) is 0 Å². The molecule has 4 heteroatoms. The lowest BCUT2D eigenvalue weighted by atomic mass is 9.32. The van der Waals surface area contributed by atoms with Gasteiger partial charge in [-0.3, -0.25) is 0 Å². The molecule has 2 aromatic rings. The highest BCUT2D eigenvalue weighted by atomic mass is 15.5. The molecule has 1 aromatic carbocycles. The Morgan fingerprint density at radius 1 is 0.881 bits per heavy atom. The monoisotopic (exact) mass is 566 g/mol. The molecular weight excluding hydrogens is 512 g/mol. The van der Waals surface area contributed by atoms with Crippen LogP contribution in [-0.2, 0) is 0 Å². The van der Waals surface area contributed by atoms with Gasteiger partial charge >= 0.3 is 0 Å². The summed E-state index contributed by atoms with van der Waals surface area (Å²) in [5.41, 5.74) is 7.28. The van der Waals surface area contributed by atoms with E-state index in [0.29, 0.717) is 33.4 Å².